The predicted molar refractivity (Wildman–Crippen MR) is 83.8 cm³/mol. The molecule has 1 unspecified atom stereocenters. The first-order valence-corrected chi connectivity index (χ1v) is 8.18. The van der Waals surface area contributed by atoms with Crippen LogP contribution >= 0.6 is 0 Å². The largest absolute Gasteiger partial charge is 0.475 e. The van der Waals surface area contributed by atoms with E-state index in [0.717, 1.165) is 37.4 Å². The lowest BCUT2D eigenvalue weighted by Crippen LogP contribution is -2.40. The average Bonchev–Trinajstić information content (AvgIpc) is 3.29. The summed E-state index contributed by atoms with van der Waals surface area (Å²) in [6.45, 7) is 7.34. The highest BCUT2D eigenvalue weighted by atomic mass is 16.5. The van der Waals surface area contributed by atoms with E-state index >= 15 is 0 Å². The third kappa shape index (κ3) is 4.30. The van der Waals surface area contributed by atoms with Crippen molar-refractivity contribution in [3.05, 3.63) is 12.4 Å². The summed E-state index contributed by atoms with van der Waals surface area (Å²) in [4.78, 5) is 11.0. The number of nitrogens with one attached hydrogen (secondary N) is 1. The molecule has 3 rings (SSSR count). The summed E-state index contributed by atoms with van der Waals surface area (Å²) >= 11 is 0. The lowest BCUT2D eigenvalue weighted by molar-refractivity contribution is 0.232. The Kier molecular flexibility index (Phi) is 4.58. The Bertz CT molecular complexity index is 461. The van der Waals surface area contributed by atoms with Crippen LogP contribution in [-0.4, -0.2) is 41.7 Å². The smallest absolute Gasteiger partial charge is 0.218 e. The van der Waals surface area contributed by atoms with E-state index in [1.165, 1.54) is 25.7 Å². The number of ether oxygens (including phenoxy) is 1. The predicted octanol–water partition coefficient (Wildman–Crippen LogP) is 2.23. The molecule has 1 aliphatic heterocycles. The first-order chi connectivity index (χ1) is 10.2. The number of rotatable bonds is 6. The molecule has 1 saturated carbocycles. The molecule has 0 spiro atoms. The highest BCUT2D eigenvalue weighted by Gasteiger charge is 2.25. The van der Waals surface area contributed by atoms with Crippen LogP contribution in [0.5, 0.6) is 5.88 Å². The van der Waals surface area contributed by atoms with E-state index in [2.05, 4.69) is 20.2 Å². The van der Waals surface area contributed by atoms with E-state index in [-0.39, 0.29) is 6.10 Å². The Morgan fingerprint density at radius 1 is 1.33 bits per heavy atom. The fourth-order valence-electron chi connectivity index (χ4n) is 2.87. The number of hydrogen-bond donors (Lipinski definition) is 1. The van der Waals surface area contributed by atoms with E-state index in [4.69, 9.17) is 4.74 Å². The van der Waals surface area contributed by atoms with Crippen molar-refractivity contribution in [1.82, 2.24) is 15.3 Å². The van der Waals surface area contributed by atoms with Gasteiger partial charge in [0.25, 0.3) is 0 Å². The summed E-state index contributed by atoms with van der Waals surface area (Å²) < 4.78 is 5.67. The Morgan fingerprint density at radius 3 is 2.95 bits per heavy atom. The standard InChI is InChI=1S/C16H26N4O/c1-12(2)21-16-8-15(18-11-19-16)20-7-3-4-13(10-20)9-17-14-5-6-14/h8,11-14,17H,3-7,9-10H2,1-2H3. The van der Waals surface area contributed by atoms with Crippen molar-refractivity contribution in [3.63, 3.8) is 0 Å². The summed E-state index contributed by atoms with van der Waals surface area (Å²) in [7, 11) is 0. The molecule has 5 heteroatoms. The highest BCUT2D eigenvalue weighted by molar-refractivity contribution is 5.41. The number of aromatic nitrogens is 2. The molecule has 1 aromatic heterocycles. The second-order valence-electron chi connectivity index (χ2n) is 6.52. The van der Waals surface area contributed by atoms with Gasteiger partial charge in [-0.1, -0.05) is 0 Å². The Balaban J connectivity index is 1.59. The molecular weight excluding hydrogens is 264 g/mol. The summed E-state index contributed by atoms with van der Waals surface area (Å²) in [5, 5.41) is 3.65. The Labute approximate surface area is 127 Å². The quantitative estimate of drug-likeness (QED) is 0.870. The molecule has 2 heterocycles. The van der Waals surface area contributed by atoms with Gasteiger partial charge in [-0.15, -0.1) is 0 Å². The lowest BCUT2D eigenvalue weighted by Gasteiger charge is -2.33. The Morgan fingerprint density at radius 2 is 2.19 bits per heavy atom. The minimum Gasteiger partial charge on any atom is -0.475 e. The monoisotopic (exact) mass is 290 g/mol. The van der Waals surface area contributed by atoms with Crippen molar-refractivity contribution < 1.29 is 4.74 Å². The van der Waals surface area contributed by atoms with Crippen LogP contribution in [0.2, 0.25) is 0 Å². The van der Waals surface area contributed by atoms with E-state index < -0.39 is 0 Å². The fraction of sp³-hybridized carbons (Fsp3) is 0.750. The molecule has 1 atom stereocenters. The molecule has 0 bridgehead atoms. The maximum absolute atomic E-state index is 5.67. The number of anilines is 1. The SMILES string of the molecule is CC(C)Oc1cc(N2CCCC(CNC3CC3)C2)ncn1. The first-order valence-electron chi connectivity index (χ1n) is 8.18. The van der Waals surface area contributed by atoms with Gasteiger partial charge in [0, 0.05) is 25.2 Å². The molecule has 1 N–H and O–H groups in total. The molecule has 0 radical (unpaired) electrons. The van der Waals surface area contributed by atoms with Crippen molar-refractivity contribution in [3.8, 4) is 5.88 Å². The lowest BCUT2D eigenvalue weighted by atomic mass is 9.98. The zero-order valence-corrected chi connectivity index (χ0v) is 13.1. The highest BCUT2D eigenvalue weighted by Crippen LogP contribution is 2.25. The summed E-state index contributed by atoms with van der Waals surface area (Å²) in [5.74, 6) is 2.40. The van der Waals surface area contributed by atoms with E-state index in [9.17, 15) is 0 Å². The van der Waals surface area contributed by atoms with Crippen LogP contribution in [0.1, 0.15) is 39.5 Å². The third-order valence-corrected chi connectivity index (χ3v) is 4.10. The van der Waals surface area contributed by atoms with Gasteiger partial charge >= 0.3 is 0 Å². The van der Waals surface area contributed by atoms with Gasteiger partial charge in [0.2, 0.25) is 5.88 Å². The third-order valence-electron chi connectivity index (χ3n) is 4.10. The van der Waals surface area contributed by atoms with Gasteiger partial charge in [0.15, 0.2) is 0 Å². The van der Waals surface area contributed by atoms with E-state index in [1.807, 2.05) is 19.9 Å². The van der Waals surface area contributed by atoms with Crippen molar-refractivity contribution >= 4 is 5.82 Å². The van der Waals surface area contributed by atoms with Gasteiger partial charge in [-0.25, -0.2) is 9.97 Å². The molecule has 116 valence electrons. The molecular formula is C16H26N4O. The summed E-state index contributed by atoms with van der Waals surface area (Å²) in [6.07, 6.45) is 7.03. The molecule has 21 heavy (non-hydrogen) atoms. The Hall–Kier alpha value is -1.36. The second-order valence-corrected chi connectivity index (χ2v) is 6.52. The first kappa shape index (κ1) is 14.6. The summed E-state index contributed by atoms with van der Waals surface area (Å²) in [6, 6.07) is 2.77. The summed E-state index contributed by atoms with van der Waals surface area (Å²) in [5.41, 5.74) is 0. The van der Waals surface area contributed by atoms with Gasteiger partial charge in [-0.3, -0.25) is 0 Å². The fourth-order valence-corrected chi connectivity index (χ4v) is 2.87. The van der Waals surface area contributed by atoms with Crippen molar-refractivity contribution in [2.45, 2.75) is 51.7 Å². The van der Waals surface area contributed by atoms with E-state index in [1.54, 1.807) is 6.33 Å². The van der Waals surface area contributed by atoms with Gasteiger partial charge in [0.1, 0.15) is 12.1 Å². The van der Waals surface area contributed by atoms with Crippen LogP contribution in [0.3, 0.4) is 0 Å². The molecule has 0 amide bonds. The van der Waals surface area contributed by atoms with Crippen molar-refractivity contribution in [2.75, 3.05) is 24.5 Å². The van der Waals surface area contributed by atoms with Gasteiger partial charge < -0.3 is 15.0 Å². The van der Waals surface area contributed by atoms with Crippen molar-refractivity contribution in [1.29, 1.82) is 0 Å². The van der Waals surface area contributed by atoms with Crippen LogP contribution in [0, 0.1) is 5.92 Å². The van der Waals surface area contributed by atoms with Crippen LogP contribution in [0.4, 0.5) is 5.82 Å². The molecule has 2 fully saturated rings. The van der Waals surface area contributed by atoms with Crippen LogP contribution in [-0.2, 0) is 0 Å². The van der Waals surface area contributed by atoms with Gasteiger partial charge in [-0.2, -0.15) is 0 Å². The van der Waals surface area contributed by atoms with Gasteiger partial charge in [0.05, 0.1) is 6.10 Å². The average molecular weight is 290 g/mol. The van der Waals surface area contributed by atoms with Crippen LogP contribution in [0.15, 0.2) is 12.4 Å². The van der Waals surface area contributed by atoms with Gasteiger partial charge in [-0.05, 0) is 52.0 Å². The number of hydrogen-bond acceptors (Lipinski definition) is 5. The number of nitrogens with zero attached hydrogens (tertiary/aromatic N) is 3. The normalized spacial score (nSPS) is 22.6. The van der Waals surface area contributed by atoms with Crippen LogP contribution in [0.25, 0.3) is 0 Å². The topological polar surface area (TPSA) is 50.3 Å². The maximum Gasteiger partial charge on any atom is 0.218 e. The molecule has 1 saturated heterocycles. The maximum atomic E-state index is 5.67. The molecule has 1 aliphatic carbocycles. The molecule has 1 aromatic rings. The second kappa shape index (κ2) is 6.60. The zero-order chi connectivity index (χ0) is 14.7. The molecule has 2 aliphatic rings. The minimum atomic E-state index is 0.143. The van der Waals surface area contributed by atoms with Crippen LogP contribution < -0.4 is 15.0 Å². The minimum absolute atomic E-state index is 0.143. The van der Waals surface area contributed by atoms with E-state index in [0.29, 0.717) is 5.88 Å². The molecule has 0 aromatic carbocycles. The zero-order valence-electron chi connectivity index (χ0n) is 13.1. The molecule has 5 nitrogen and oxygen atoms in total. The number of piperidine rings is 1. The van der Waals surface area contributed by atoms with Crippen molar-refractivity contribution in [2.24, 2.45) is 5.92 Å².